The van der Waals surface area contributed by atoms with Gasteiger partial charge in [-0.15, -0.1) is 10.2 Å². The maximum absolute atomic E-state index is 12.3. The Bertz CT molecular complexity index is 898. The standard InChI is InChI=1S/C21H26N6OS/c1-26(2)13-6-14-27-20(18-9-11-22-12-10-18)24-25-21(27)29-16-19(28)23-15-17-7-4-3-5-8-17/h3-5,7-12H,6,13-16H2,1-2H3,(H,23,28). The minimum Gasteiger partial charge on any atom is -0.351 e. The van der Waals surface area contributed by atoms with Crippen LogP contribution in [0.5, 0.6) is 0 Å². The molecule has 0 saturated carbocycles. The molecule has 0 aliphatic rings. The Kier molecular flexibility index (Phi) is 7.77. The molecule has 0 radical (unpaired) electrons. The van der Waals surface area contributed by atoms with E-state index in [-0.39, 0.29) is 5.91 Å². The summed E-state index contributed by atoms with van der Waals surface area (Å²) in [7, 11) is 4.12. The van der Waals surface area contributed by atoms with E-state index in [4.69, 9.17) is 0 Å². The molecule has 29 heavy (non-hydrogen) atoms. The van der Waals surface area contributed by atoms with E-state index in [0.717, 1.165) is 41.6 Å². The molecule has 0 bridgehead atoms. The average molecular weight is 411 g/mol. The molecular formula is C21H26N6OS. The topological polar surface area (TPSA) is 75.9 Å². The molecule has 0 atom stereocenters. The van der Waals surface area contributed by atoms with Gasteiger partial charge in [-0.1, -0.05) is 42.1 Å². The maximum Gasteiger partial charge on any atom is 0.230 e. The Morgan fingerprint density at radius 1 is 1.10 bits per heavy atom. The summed E-state index contributed by atoms with van der Waals surface area (Å²) < 4.78 is 2.09. The van der Waals surface area contributed by atoms with Crippen LogP contribution in [0.25, 0.3) is 11.4 Å². The first kappa shape index (κ1) is 21.0. The Morgan fingerprint density at radius 3 is 2.59 bits per heavy atom. The second kappa shape index (κ2) is 10.7. The number of nitrogens with zero attached hydrogens (tertiary/aromatic N) is 5. The van der Waals surface area contributed by atoms with Crippen molar-refractivity contribution in [2.75, 3.05) is 26.4 Å². The van der Waals surface area contributed by atoms with E-state index in [1.165, 1.54) is 11.8 Å². The fourth-order valence-corrected chi connectivity index (χ4v) is 3.63. The number of hydrogen-bond acceptors (Lipinski definition) is 6. The number of rotatable bonds is 10. The van der Waals surface area contributed by atoms with Crippen LogP contribution in [0.4, 0.5) is 0 Å². The second-order valence-corrected chi connectivity index (χ2v) is 7.84. The lowest BCUT2D eigenvalue weighted by Gasteiger charge is -2.13. The monoisotopic (exact) mass is 410 g/mol. The quantitative estimate of drug-likeness (QED) is 0.518. The molecule has 1 amide bonds. The van der Waals surface area contributed by atoms with Gasteiger partial charge in [-0.3, -0.25) is 9.78 Å². The number of carbonyl (C=O) groups is 1. The summed E-state index contributed by atoms with van der Waals surface area (Å²) in [6.45, 7) is 2.28. The van der Waals surface area contributed by atoms with Crippen LogP contribution < -0.4 is 5.32 Å². The van der Waals surface area contributed by atoms with Crippen LogP contribution in [-0.2, 0) is 17.9 Å². The normalized spacial score (nSPS) is 11.0. The molecule has 152 valence electrons. The Morgan fingerprint density at radius 2 is 1.86 bits per heavy atom. The maximum atomic E-state index is 12.3. The molecule has 0 aliphatic heterocycles. The zero-order valence-electron chi connectivity index (χ0n) is 16.8. The van der Waals surface area contributed by atoms with E-state index >= 15 is 0 Å². The summed E-state index contributed by atoms with van der Waals surface area (Å²) in [5.74, 6) is 1.08. The van der Waals surface area contributed by atoms with Crippen LogP contribution >= 0.6 is 11.8 Å². The lowest BCUT2D eigenvalue weighted by Crippen LogP contribution is -2.24. The van der Waals surface area contributed by atoms with Gasteiger partial charge in [0.15, 0.2) is 11.0 Å². The van der Waals surface area contributed by atoms with Crippen molar-refractivity contribution in [1.82, 2.24) is 30.0 Å². The third-order valence-corrected chi connectivity index (χ3v) is 5.27. The molecule has 0 saturated heterocycles. The van der Waals surface area contributed by atoms with Gasteiger partial charge in [-0.25, -0.2) is 0 Å². The van der Waals surface area contributed by atoms with E-state index < -0.39 is 0 Å². The summed E-state index contributed by atoms with van der Waals surface area (Å²) in [6, 6.07) is 13.7. The first-order valence-electron chi connectivity index (χ1n) is 9.55. The van der Waals surface area contributed by atoms with Gasteiger partial charge >= 0.3 is 0 Å². The number of thioether (sulfide) groups is 1. The van der Waals surface area contributed by atoms with Gasteiger partial charge in [-0.2, -0.15) is 0 Å². The number of pyridine rings is 1. The average Bonchev–Trinajstić information content (AvgIpc) is 3.14. The summed E-state index contributed by atoms with van der Waals surface area (Å²) >= 11 is 1.41. The summed E-state index contributed by atoms with van der Waals surface area (Å²) in [6.07, 6.45) is 4.47. The number of amides is 1. The van der Waals surface area contributed by atoms with E-state index in [9.17, 15) is 4.79 Å². The molecule has 7 nitrogen and oxygen atoms in total. The van der Waals surface area contributed by atoms with Gasteiger partial charge in [0.05, 0.1) is 5.75 Å². The van der Waals surface area contributed by atoms with Gasteiger partial charge in [0.25, 0.3) is 0 Å². The van der Waals surface area contributed by atoms with Crippen molar-refractivity contribution < 1.29 is 4.79 Å². The van der Waals surface area contributed by atoms with Crippen LogP contribution in [0.1, 0.15) is 12.0 Å². The van der Waals surface area contributed by atoms with Crippen LogP contribution in [0.2, 0.25) is 0 Å². The molecule has 0 aliphatic carbocycles. The lowest BCUT2D eigenvalue weighted by molar-refractivity contribution is -0.118. The number of hydrogen-bond donors (Lipinski definition) is 1. The van der Waals surface area contributed by atoms with E-state index in [0.29, 0.717) is 12.3 Å². The van der Waals surface area contributed by atoms with Gasteiger partial charge in [0, 0.05) is 31.0 Å². The van der Waals surface area contributed by atoms with Crippen molar-refractivity contribution in [3.63, 3.8) is 0 Å². The van der Waals surface area contributed by atoms with Crippen molar-refractivity contribution in [1.29, 1.82) is 0 Å². The summed E-state index contributed by atoms with van der Waals surface area (Å²) in [5.41, 5.74) is 2.05. The van der Waals surface area contributed by atoms with E-state index in [2.05, 4.69) is 44.1 Å². The highest BCUT2D eigenvalue weighted by Gasteiger charge is 2.15. The molecule has 2 aromatic heterocycles. The molecule has 2 heterocycles. The molecule has 3 aromatic rings. The van der Waals surface area contributed by atoms with Gasteiger partial charge < -0.3 is 14.8 Å². The van der Waals surface area contributed by atoms with Crippen molar-refractivity contribution in [3.05, 3.63) is 60.4 Å². The molecule has 1 aromatic carbocycles. The largest absolute Gasteiger partial charge is 0.351 e. The van der Waals surface area contributed by atoms with Crippen molar-refractivity contribution in [2.24, 2.45) is 0 Å². The first-order valence-corrected chi connectivity index (χ1v) is 10.5. The second-order valence-electron chi connectivity index (χ2n) is 6.90. The Labute approximate surface area is 175 Å². The molecule has 8 heteroatoms. The zero-order valence-corrected chi connectivity index (χ0v) is 17.6. The van der Waals surface area contributed by atoms with Gasteiger partial charge in [-0.05, 0) is 44.8 Å². The predicted molar refractivity (Wildman–Crippen MR) is 115 cm³/mol. The van der Waals surface area contributed by atoms with Gasteiger partial charge in [0.2, 0.25) is 5.91 Å². The van der Waals surface area contributed by atoms with Crippen LogP contribution in [0.15, 0.2) is 60.0 Å². The number of benzene rings is 1. The number of nitrogens with one attached hydrogen (secondary N) is 1. The molecule has 0 spiro atoms. The van der Waals surface area contributed by atoms with Crippen LogP contribution in [0, 0.1) is 0 Å². The fraction of sp³-hybridized carbons (Fsp3) is 0.333. The van der Waals surface area contributed by atoms with E-state index in [1.54, 1.807) is 12.4 Å². The molecule has 3 rings (SSSR count). The summed E-state index contributed by atoms with van der Waals surface area (Å²) in [4.78, 5) is 18.5. The van der Waals surface area contributed by atoms with Gasteiger partial charge in [0.1, 0.15) is 0 Å². The van der Waals surface area contributed by atoms with Crippen molar-refractivity contribution >= 4 is 17.7 Å². The molecule has 1 N–H and O–H groups in total. The zero-order chi connectivity index (χ0) is 20.5. The first-order chi connectivity index (χ1) is 14.1. The van der Waals surface area contributed by atoms with Crippen LogP contribution in [0.3, 0.4) is 0 Å². The number of carbonyl (C=O) groups excluding carboxylic acids is 1. The minimum absolute atomic E-state index is 0.0212. The fourth-order valence-electron chi connectivity index (χ4n) is 2.83. The van der Waals surface area contributed by atoms with E-state index in [1.807, 2.05) is 42.5 Å². The van der Waals surface area contributed by atoms with Crippen molar-refractivity contribution in [2.45, 2.75) is 24.7 Å². The molecule has 0 unspecified atom stereocenters. The highest BCUT2D eigenvalue weighted by atomic mass is 32.2. The SMILES string of the molecule is CN(C)CCCn1c(SCC(=O)NCc2ccccc2)nnc1-c1ccncc1. The molecule has 0 fully saturated rings. The minimum atomic E-state index is -0.0212. The highest BCUT2D eigenvalue weighted by Crippen LogP contribution is 2.24. The third kappa shape index (κ3) is 6.40. The smallest absolute Gasteiger partial charge is 0.230 e. The molecular weight excluding hydrogens is 384 g/mol. The lowest BCUT2D eigenvalue weighted by atomic mass is 10.2. The Balaban J connectivity index is 1.64. The Hall–Kier alpha value is -2.71. The summed E-state index contributed by atoms with van der Waals surface area (Å²) in [5, 5.41) is 12.4. The number of aromatic nitrogens is 4. The highest BCUT2D eigenvalue weighted by molar-refractivity contribution is 7.99. The third-order valence-electron chi connectivity index (χ3n) is 4.31. The van der Waals surface area contributed by atoms with Crippen LogP contribution in [-0.4, -0.2) is 56.9 Å². The predicted octanol–water partition coefficient (Wildman–Crippen LogP) is 2.70. The van der Waals surface area contributed by atoms with Crippen molar-refractivity contribution in [3.8, 4) is 11.4 Å².